The van der Waals surface area contributed by atoms with Gasteiger partial charge in [0.15, 0.2) is 6.61 Å². The van der Waals surface area contributed by atoms with Gasteiger partial charge in [0, 0.05) is 6.42 Å². The number of nitrogens with two attached hydrogens (primary N) is 1. The quantitative estimate of drug-likeness (QED) is 0.564. The summed E-state index contributed by atoms with van der Waals surface area (Å²) < 4.78 is 5.09. The predicted molar refractivity (Wildman–Crippen MR) is 110 cm³/mol. The van der Waals surface area contributed by atoms with Crippen LogP contribution in [-0.4, -0.2) is 30.6 Å². The van der Waals surface area contributed by atoms with E-state index in [2.05, 4.69) is 17.6 Å². The van der Waals surface area contributed by atoms with Gasteiger partial charge in [0.05, 0.1) is 6.04 Å². The Kier molecular flexibility index (Phi) is 8.21. The lowest BCUT2D eigenvalue weighted by Crippen LogP contribution is -2.46. The van der Waals surface area contributed by atoms with Crippen molar-refractivity contribution in [2.45, 2.75) is 38.8 Å². The number of nitrogens with one attached hydrogen (secondary N) is 2. The number of amides is 3. The van der Waals surface area contributed by atoms with Gasteiger partial charge in [-0.2, -0.15) is 0 Å². The summed E-state index contributed by atoms with van der Waals surface area (Å²) in [5.41, 5.74) is 8.16. The van der Waals surface area contributed by atoms with E-state index in [1.54, 1.807) is 0 Å². The summed E-state index contributed by atoms with van der Waals surface area (Å²) in [6.45, 7) is 3.49. The highest BCUT2D eigenvalue weighted by atomic mass is 16.5. The van der Waals surface area contributed by atoms with Crippen LogP contribution in [0.2, 0.25) is 0 Å². The van der Waals surface area contributed by atoms with E-state index in [9.17, 15) is 14.4 Å². The van der Waals surface area contributed by atoms with Gasteiger partial charge in [-0.1, -0.05) is 61.5 Å². The maximum Gasteiger partial charge on any atom is 0.329 e. The van der Waals surface area contributed by atoms with Gasteiger partial charge in [-0.25, -0.2) is 9.59 Å². The topological polar surface area (TPSA) is 111 Å². The third-order valence-electron chi connectivity index (χ3n) is 4.49. The molecule has 0 fully saturated rings. The molecule has 154 valence electrons. The number of carbonyl (C=O) groups is 3. The number of benzene rings is 2. The lowest BCUT2D eigenvalue weighted by Gasteiger charge is -2.18. The zero-order chi connectivity index (χ0) is 21.2. The third-order valence-corrected chi connectivity index (χ3v) is 4.49. The lowest BCUT2D eigenvalue weighted by molar-refractivity contribution is -0.150. The molecule has 0 bridgehead atoms. The van der Waals surface area contributed by atoms with Crippen LogP contribution in [0.5, 0.6) is 0 Å². The average Bonchev–Trinajstić information content (AvgIpc) is 2.72. The lowest BCUT2D eigenvalue weighted by atomic mass is 10.1. The van der Waals surface area contributed by atoms with Crippen LogP contribution in [0.1, 0.15) is 36.6 Å². The summed E-state index contributed by atoms with van der Waals surface area (Å²) in [6, 6.07) is 15.1. The molecule has 0 radical (unpaired) electrons. The Labute approximate surface area is 170 Å². The van der Waals surface area contributed by atoms with E-state index in [0.717, 1.165) is 17.5 Å². The standard InChI is InChI=1S/C22H27N3O4/c1-3-16-9-11-18(12-10-16)15(2)24-20(26)14-29-21(27)19(25-22(23)28)13-17-7-5-4-6-8-17/h4-12,15,19H,3,13-14H2,1-2H3,(H,24,26)(H3,23,25,28)/t15-,19+/m1/s1. The molecule has 2 aromatic rings. The van der Waals surface area contributed by atoms with Crippen molar-refractivity contribution in [3.63, 3.8) is 0 Å². The van der Waals surface area contributed by atoms with Gasteiger partial charge < -0.3 is 21.1 Å². The van der Waals surface area contributed by atoms with Crippen LogP contribution in [0.4, 0.5) is 4.79 Å². The van der Waals surface area contributed by atoms with Crippen LogP contribution in [0.15, 0.2) is 54.6 Å². The average molecular weight is 397 g/mol. The smallest absolute Gasteiger partial charge is 0.329 e. The van der Waals surface area contributed by atoms with Gasteiger partial charge in [-0.3, -0.25) is 4.79 Å². The highest BCUT2D eigenvalue weighted by molar-refractivity contribution is 5.85. The molecule has 0 saturated carbocycles. The second-order valence-electron chi connectivity index (χ2n) is 6.74. The molecule has 7 heteroatoms. The first-order valence-electron chi connectivity index (χ1n) is 9.53. The molecule has 0 aliphatic heterocycles. The number of rotatable bonds is 9. The Balaban J connectivity index is 1.88. The van der Waals surface area contributed by atoms with Crippen molar-refractivity contribution in [3.8, 4) is 0 Å². The predicted octanol–water partition coefficient (Wildman–Crippen LogP) is 2.25. The van der Waals surface area contributed by atoms with Crippen LogP contribution >= 0.6 is 0 Å². The summed E-state index contributed by atoms with van der Waals surface area (Å²) in [7, 11) is 0. The molecule has 0 aliphatic carbocycles. The molecular weight excluding hydrogens is 370 g/mol. The maximum atomic E-state index is 12.3. The van der Waals surface area contributed by atoms with Crippen molar-refractivity contribution in [1.82, 2.24) is 10.6 Å². The van der Waals surface area contributed by atoms with E-state index >= 15 is 0 Å². The van der Waals surface area contributed by atoms with E-state index in [1.165, 1.54) is 5.56 Å². The molecule has 0 aromatic heterocycles. The number of esters is 1. The van der Waals surface area contributed by atoms with Crippen molar-refractivity contribution >= 4 is 17.9 Å². The first-order chi connectivity index (χ1) is 13.9. The van der Waals surface area contributed by atoms with Gasteiger partial charge in [-0.05, 0) is 30.0 Å². The molecule has 0 unspecified atom stereocenters. The molecule has 0 aliphatic rings. The summed E-state index contributed by atoms with van der Waals surface area (Å²) in [4.78, 5) is 35.7. The number of carbonyl (C=O) groups excluding carboxylic acids is 3. The molecule has 4 N–H and O–H groups in total. The fourth-order valence-corrected chi connectivity index (χ4v) is 2.86. The van der Waals surface area contributed by atoms with Crippen molar-refractivity contribution < 1.29 is 19.1 Å². The van der Waals surface area contributed by atoms with E-state index in [4.69, 9.17) is 10.5 Å². The molecule has 0 spiro atoms. The van der Waals surface area contributed by atoms with Crippen LogP contribution in [0, 0.1) is 0 Å². The van der Waals surface area contributed by atoms with Gasteiger partial charge in [-0.15, -0.1) is 0 Å². The third kappa shape index (κ3) is 7.29. The van der Waals surface area contributed by atoms with Crippen molar-refractivity contribution in [1.29, 1.82) is 0 Å². The molecule has 3 amide bonds. The number of ether oxygens (including phenoxy) is 1. The highest BCUT2D eigenvalue weighted by Gasteiger charge is 2.23. The number of aryl methyl sites for hydroxylation is 1. The molecule has 29 heavy (non-hydrogen) atoms. The van der Waals surface area contributed by atoms with E-state index < -0.39 is 30.6 Å². The molecular formula is C22H27N3O4. The number of primary amides is 1. The van der Waals surface area contributed by atoms with E-state index in [0.29, 0.717) is 0 Å². The Hall–Kier alpha value is -3.35. The van der Waals surface area contributed by atoms with Crippen LogP contribution < -0.4 is 16.4 Å². The SMILES string of the molecule is CCc1ccc([C@@H](C)NC(=O)COC(=O)[C@H](Cc2ccccc2)NC(N)=O)cc1. The first kappa shape index (κ1) is 21.9. The summed E-state index contributed by atoms with van der Waals surface area (Å²) in [5.74, 6) is -1.15. The van der Waals surface area contributed by atoms with E-state index in [1.807, 2.05) is 61.5 Å². The van der Waals surface area contributed by atoms with Crippen molar-refractivity contribution in [3.05, 3.63) is 71.3 Å². The van der Waals surface area contributed by atoms with Gasteiger partial charge >= 0.3 is 12.0 Å². The summed E-state index contributed by atoms with van der Waals surface area (Å²) in [6.07, 6.45) is 1.16. The first-order valence-corrected chi connectivity index (χ1v) is 9.53. The highest BCUT2D eigenvalue weighted by Crippen LogP contribution is 2.13. The minimum atomic E-state index is -0.971. The van der Waals surface area contributed by atoms with Crippen LogP contribution in [0.25, 0.3) is 0 Å². The number of urea groups is 1. The van der Waals surface area contributed by atoms with Gasteiger partial charge in [0.25, 0.3) is 5.91 Å². The molecule has 0 heterocycles. The molecule has 2 aromatic carbocycles. The fourth-order valence-electron chi connectivity index (χ4n) is 2.86. The minimum Gasteiger partial charge on any atom is -0.454 e. The molecule has 7 nitrogen and oxygen atoms in total. The monoisotopic (exact) mass is 397 g/mol. The van der Waals surface area contributed by atoms with Gasteiger partial charge in [0.1, 0.15) is 6.04 Å². The fraction of sp³-hybridized carbons (Fsp3) is 0.318. The Morgan fingerprint density at radius 3 is 2.21 bits per heavy atom. The Morgan fingerprint density at radius 2 is 1.62 bits per heavy atom. The molecule has 2 atom stereocenters. The van der Waals surface area contributed by atoms with Gasteiger partial charge in [0.2, 0.25) is 0 Å². The van der Waals surface area contributed by atoms with Crippen LogP contribution in [0.3, 0.4) is 0 Å². The Bertz CT molecular complexity index is 822. The normalized spacial score (nSPS) is 12.5. The minimum absolute atomic E-state index is 0.213. The Morgan fingerprint density at radius 1 is 0.966 bits per heavy atom. The number of hydrogen-bond acceptors (Lipinski definition) is 4. The largest absolute Gasteiger partial charge is 0.454 e. The van der Waals surface area contributed by atoms with Crippen LogP contribution in [-0.2, 0) is 27.2 Å². The molecule has 0 saturated heterocycles. The zero-order valence-electron chi connectivity index (χ0n) is 16.7. The second kappa shape index (κ2) is 10.8. The van der Waals surface area contributed by atoms with Crippen molar-refractivity contribution in [2.75, 3.05) is 6.61 Å². The zero-order valence-corrected chi connectivity index (χ0v) is 16.7. The van der Waals surface area contributed by atoms with E-state index in [-0.39, 0.29) is 12.5 Å². The van der Waals surface area contributed by atoms with Crippen molar-refractivity contribution in [2.24, 2.45) is 5.73 Å². The summed E-state index contributed by atoms with van der Waals surface area (Å²) >= 11 is 0. The number of hydrogen-bond donors (Lipinski definition) is 3. The summed E-state index contributed by atoms with van der Waals surface area (Å²) in [5, 5.41) is 5.15. The molecule has 2 rings (SSSR count). The maximum absolute atomic E-state index is 12.3. The second-order valence-corrected chi connectivity index (χ2v) is 6.74.